The third-order valence-electron chi connectivity index (χ3n) is 3.84. The quantitative estimate of drug-likeness (QED) is 0.831. The fourth-order valence-corrected chi connectivity index (χ4v) is 2.87. The van der Waals surface area contributed by atoms with Crippen LogP contribution in [0.5, 0.6) is 0 Å². The number of aliphatic imine (C=N–C) groups is 1. The predicted octanol–water partition coefficient (Wildman–Crippen LogP) is 3.65. The molecule has 0 fully saturated rings. The summed E-state index contributed by atoms with van der Waals surface area (Å²) in [6.07, 6.45) is 4.69. The highest BCUT2D eigenvalue weighted by atomic mass is 35.5. The van der Waals surface area contributed by atoms with Gasteiger partial charge in [-0.1, -0.05) is 54.6 Å². The Kier molecular flexibility index (Phi) is 3.95. The first kappa shape index (κ1) is 14.7. The number of nitrogens with zero attached hydrogens (tertiary/aromatic N) is 2. The van der Waals surface area contributed by atoms with E-state index in [2.05, 4.69) is 29.8 Å². The second-order valence-electron chi connectivity index (χ2n) is 5.38. The van der Waals surface area contributed by atoms with E-state index in [-0.39, 0.29) is 0 Å². The Bertz CT molecular complexity index is 908. The van der Waals surface area contributed by atoms with Crippen molar-refractivity contribution in [2.45, 2.75) is 20.3 Å². The molecule has 0 N–H and O–H groups in total. The Balaban J connectivity index is 2.13. The Morgan fingerprint density at radius 2 is 2.05 bits per heavy atom. The van der Waals surface area contributed by atoms with E-state index in [9.17, 15) is 0 Å². The number of aryl methyl sites for hydroxylation is 2. The molecule has 0 bridgehead atoms. The summed E-state index contributed by atoms with van der Waals surface area (Å²) in [7, 11) is 0. The molecule has 1 aromatic heterocycles. The Morgan fingerprint density at radius 1 is 1.27 bits per heavy atom. The molecule has 0 radical (unpaired) electrons. The van der Waals surface area contributed by atoms with Crippen LogP contribution < -0.4 is 10.4 Å². The van der Waals surface area contributed by atoms with Crippen LogP contribution in [0.15, 0.2) is 41.9 Å². The molecule has 1 aromatic carbocycles. The number of fused-ring (bicyclic) bond motifs is 1. The summed E-state index contributed by atoms with van der Waals surface area (Å²) in [6, 6.07) is 10.2. The molecule has 0 unspecified atom stereocenters. The first-order chi connectivity index (χ1) is 10.6. The van der Waals surface area contributed by atoms with Gasteiger partial charge in [-0.15, -0.1) is 0 Å². The molecule has 0 atom stereocenters. The van der Waals surface area contributed by atoms with Gasteiger partial charge in [0.2, 0.25) is 0 Å². The average Bonchev–Trinajstić information content (AvgIpc) is 2.53. The largest absolute Gasteiger partial charge is 0.233 e. The van der Waals surface area contributed by atoms with Crippen molar-refractivity contribution in [2.75, 3.05) is 0 Å². The van der Waals surface area contributed by atoms with Gasteiger partial charge in [0.25, 0.3) is 0 Å². The van der Waals surface area contributed by atoms with Gasteiger partial charge in [-0.3, -0.25) is 0 Å². The van der Waals surface area contributed by atoms with E-state index in [0.717, 1.165) is 45.2 Å². The first-order valence-electron chi connectivity index (χ1n) is 7.24. The van der Waals surface area contributed by atoms with Crippen LogP contribution in [-0.4, -0.2) is 10.7 Å². The fourth-order valence-electron chi connectivity index (χ4n) is 2.58. The fraction of sp³-hybridized carbons (Fsp3) is 0.158. The van der Waals surface area contributed by atoms with Crippen molar-refractivity contribution in [3.8, 4) is 0 Å². The molecule has 1 aliphatic carbocycles. The van der Waals surface area contributed by atoms with Crippen molar-refractivity contribution >= 4 is 40.3 Å². The van der Waals surface area contributed by atoms with Crippen molar-refractivity contribution in [2.24, 2.45) is 4.99 Å². The number of halogens is 1. The summed E-state index contributed by atoms with van der Waals surface area (Å²) in [5, 5.41) is 2.91. The smallest absolute Gasteiger partial charge is 0.155 e. The normalized spacial score (nSPS) is 15.4. The lowest BCUT2D eigenvalue weighted by Crippen LogP contribution is -2.31. The maximum absolute atomic E-state index is 6.54. The molecule has 1 aliphatic rings. The molecule has 3 heteroatoms. The summed E-state index contributed by atoms with van der Waals surface area (Å²) in [5.74, 6) is 0.726. The third kappa shape index (κ3) is 2.62. The lowest BCUT2D eigenvalue weighted by molar-refractivity contribution is 1.14. The van der Waals surface area contributed by atoms with Gasteiger partial charge < -0.3 is 0 Å². The molecule has 3 rings (SSSR count). The van der Waals surface area contributed by atoms with Crippen LogP contribution in [0.4, 0.5) is 5.82 Å². The average molecular weight is 309 g/mol. The molecule has 0 spiro atoms. The predicted molar refractivity (Wildman–Crippen MR) is 94.9 cm³/mol. The van der Waals surface area contributed by atoms with Crippen molar-refractivity contribution in [1.29, 1.82) is 0 Å². The summed E-state index contributed by atoms with van der Waals surface area (Å²) in [6.45, 7) is 7.78. The minimum atomic E-state index is 0.713. The summed E-state index contributed by atoms with van der Waals surface area (Å²) in [4.78, 5) is 9.29. The van der Waals surface area contributed by atoms with Crippen LogP contribution in [0.2, 0.25) is 0 Å². The highest BCUT2D eigenvalue weighted by molar-refractivity contribution is 6.62. The summed E-state index contributed by atoms with van der Waals surface area (Å²) >= 11 is 6.54. The van der Waals surface area contributed by atoms with Gasteiger partial charge in [-0.2, -0.15) is 0 Å². The number of benzene rings is 1. The maximum Gasteiger partial charge on any atom is 0.155 e. The highest BCUT2D eigenvalue weighted by Crippen LogP contribution is 2.23. The Hall–Kier alpha value is -2.19. The van der Waals surface area contributed by atoms with E-state index in [1.807, 2.05) is 38.1 Å². The molecule has 2 aromatic rings. The monoisotopic (exact) mass is 308 g/mol. The molecule has 1 heterocycles. The van der Waals surface area contributed by atoms with Crippen LogP contribution >= 0.6 is 11.6 Å². The van der Waals surface area contributed by atoms with Crippen molar-refractivity contribution in [3.63, 3.8) is 0 Å². The van der Waals surface area contributed by atoms with E-state index in [1.54, 1.807) is 0 Å². The molecule has 2 nitrogen and oxygen atoms in total. The molecular formula is C19H17ClN2. The number of hydrogen-bond donors (Lipinski definition) is 0. The molecule has 110 valence electrons. The zero-order chi connectivity index (χ0) is 15.7. The lowest BCUT2D eigenvalue weighted by Gasteiger charge is -2.10. The molecular weight excluding hydrogens is 292 g/mol. The van der Waals surface area contributed by atoms with Gasteiger partial charge in [0, 0.05) is 17.3 Å². The van der Waals surface area contributed by atoms with E-state index < -0.39 is 0 Å². The molecule has 0 amide bonds. The second kappa shape index (κ2) is 5.90. The maximum atomic E-state index is 6.54. The van der Waals surface area contributed by atoms with E-state index >= 15 is 0 Å². The molecule has 0 saturated heterocycles. The van der Waals surface area contributed by atoms with Crippen LogP contribution in [0, 0.1) is 13.8 Å². The number of aromatic nitrogens is 1. The standard InChI is InChI=1S/C19H17ClN2/c1-4-14-11-12(2)19(21-13(14)3)22-17-10-9-15-7-5-6-8-16(15)18(17)20/h4-9,11H,1,10H2,2-3H3. The second-order valence-corrected chi connectivity index (χ2v) is 5.75. The summed E-state index contributed by atoms with van der Waals surface area (Å²) < 4.78 is 0. The van der Waals surface area contributed by atoms with E-state index in [4.69, 9.17) is 16.6 Å². The van der Waals surface area contributed by atoms with E-state index in [1.165, 1.54) is 0 Å². The minimum absolute atomic E-state index is 0.713. The van der Waals surface area contributed by atoms with Crippen LogP contribution in [0.25, 0.3) is 17.2 Å². The summed E-state index contributed by atoms with van der Waals surface area (Å²) in [5.41, 5.74) is 3.85. The van der Waals surface area contributed by atoms with Crippen molar-refractivity contribution in [1.82, 2.24) is 4.98 Å². The van der Waals surface area contributed by atoms with Gasteiger partial charge in [0.15, 0.2) is 5.82 Å². The molecule has 0 saturated carbocycles. The van der Waals surface area contributed by atoms with Gasteiger partial charge in [-0.25, -0.2) is 9.98 Å². The van der Waals surface area contributed by atoms with Crippen LogP contribution in [0.1, 0.15) is 23.2 Å². The molecule has 0 aliphatic heterocycles. The highest BCUT2D eigenvalue weighted by Gasteiger charge is 2.11. The van der Waals surface area contributed by atoms with Gasteiger partial charge in [-0.05, 0) is 36.3 Å². The Morgan fingerprint density at radius 3 is 2.82 bits per heavy atom. The minimum Gasteiger partial charge on any atom is -0.233 e. The topological polar surface area (TPSA) is 25.2 Å². The van der Waals surface area contributed by atoms with Crippen molar-refractivity contribution < 1.29 is 0 Å². The Labute approximate surface area is 135 Å². The van der Waals surface area contributed by atoms with Crippen LogP contribution in [0.3, 0.4) is 0 Å². The third-order valence-corrected chi connectivity index (χ3v) is 4.26. The number of pyridine rings is 1. The SMILES string of the molecule is C=Cc1cc(C)c(N=C2CC=c3ccccc3=C2Cl)nc1C. The zero-order valence-corrected chi connectivity index (χ0v) is 13.5. The number of hydrogen-bond acceptors (Lipinski definition) is 2. The number of rotatable bonds is 2. The van der Waals surface area contributed by atoms with Gasteiger partial charge in [0.1, 0.15) is 0 Å². The van der Waals surface area contributed by atoms with Gasteiger partial charge in [0.05, 0.1) is 10.7 Å². The van der Waals surface area contributed by atoms with Gasteiger partial charge >= 0.3 is 0 Å². The van der Waals surface area contributed by atoms with E-state index in [0.29, 0.717) is 5.03 Å². The molecule has 22 heavy (non-hydrogen) atoms. The lowest BCUT2D eigenvalue weighted by atomic mass is 10.1. The first-order valence-corrected chi connectivity index (χ1v) is 7.61. The van der Waals surface area contributed by atoms with Crippen molar-refractivity contribution in [3.05, 3.63) is 64.2 Å². The van der Waals surface area contributed by atoms with Crippen LogP contribution in [-0.2, 0) is 0 Å². The zero-order valence-electron chi connectivity index (χ0n) is 12.7.